The van der Waals surface area contributed by atoms with E-state index in [1.54, 1.807) is 0 Å². The zero-order valence-electron chi connectivity index (χ0n) is 20.7. The zero-order valence-corrected chi connectivity index (χ0v) is 20.7. The predicted molar refractivity (Wildman–Crippen MR) is 143 cm³/mol. The molecule has 0 bridgehead atoms. The number of ketones is 1. The van der Waals surface area contributed by atoms with E-state index >= 15 is 0 Å². The third kappa shape index (κ3) is 6.36. The molecule has 1 fully saturated rings. The average Bonchev–Trinajstić information content (AvgIpc) is 3.04. The van der Waals surface area contributed by atoms with Gasteiger partial charge < -0.3 is 16.0 Å². The first kappa shape index (κ1) is 25.1. The molecule has 1 aliphatic heterocycles. The fraction of sp³-hybridized carbons (Fsp3) is 0.400. The maximum Gasteiger partial charge on any atom is 0.239 e. The lowest BCUT2D eigenvalue weighted by atomic mass is 9.95. The Kier molecular flexibility index (Phi) is 8.67. The summed E-state index contributed by atoms with van der Waals surface area (Å²) in [5, 5.41) is 5.76. The van der Waals surface area contributed by atoms with Crippen LogP contribution in [0.15, 0.2) is 72.8 Å². The molecule has 35 heavy (non-hydrogen) atoms. The van der Waals surface area contributed by atoms with Crippen LogP contribution in [0, 0.1) is 0 Å². The van der Waals surface area contributed by atoms with E-state index in [4.69, 9.17) is 5.73 Å². The molecule has 0 aliphatic carbocycles. The molecule has 1 aliphatic rings. The number of nitrogens with one attached hydrogen (secondary N) is 1. The zero-order chi connectivity index (χ0) is 24.6. The van der Waals surface area contributed by atoms with Crippen molar-refractivity contribution in [1.29, 1.82) is 0 Å². The van der Waals surface area contributed by atoms with Crippen LogP contribution in [-0.4, -0.2) is 48.3 Å². The van der Waals surface area contributed by atoms with E-state index in [0.29, 0.717) is 44.8 Å². The number of fused-ring (bicyclic) bond motifs is 1. The van der Waals surface area contributed by atoms with Crippen LogP contribution >= 0.6 is 0 Å². The van der Waals surface area contributed by atoms with Crippen molar-refractivity contribution in [3.05, 3.63) is 83.9 Å². The molecule has 0 aromatic heterocycles. The molecule has 0 radical (unpaired) electrons. The monoisotopic (exact) mass is 471 g/mol. The molecule has 1 amide bonds. The second-order valence-electron chi connectivity index (χ2n) is 9.61. The highest BCUT2D eigenvalue weighted by Crippen LogP contribution is 2.24. The van der Waals surface area contributed by atoms with E-state index in [-0.39, 0.29) is 23.8 Å². The molecule has 0 saturated carbocycles. The van der Waals surface area contributed by atoms with Gasteiger partial charge in [0, 0.05) is 37.0 Å². The van der Waals surface area contributed by atoms with Gasteiger partial charge in [0.2, 0.25) is 5.91 Å². The van der Waals surface area contributed by atoms with Gasteiger partial charge in [-0.15, -0.1) is 0 Å². The summed E-state index contributed by atoms with van der Waals surface area (Å²) in [6.07, 6.45) is 3.59. The third-order valence-electron chi connectivity index (χ3n) is 7.25. The number of hydrogen-bond acceptors (Lipinski definition) is 4. The van der Waals surface area contributed by atoms with Gasteiger partial charge in [-0.25, -0.2) is 0 Å². The molecule has 3 aromatic rings. The van der Waals surface area contributed by atoms with Crippen molar-refractivity contribution < 1.29 is 9.59 Å². The summed E-state index contributed by atoms with van der Waals surface area (Å²) in [5.74, 6) is 0.591. The summed E-state index contributed by atoms with van der Waals surface area (Å²) >= 11 is 0. The Labute approximate surface area is 208 Å². The van der Waals surface area contributed by atoms with E-state index in [1.807, 2.05) is 47.4 Å². The van der Waals surface area contributed by atoms with E-state index < -0.39 is 0 Å². The normalized spacial score (nSPS) is 19.5. The molecule has 1 unspecified atom stereocenters. The summed E-state index contributed by atoms with van der Waals surface area (Å²) in [5.41, 5.74) is 7.88. The second-order valence-corrected chi connectivity index (χ2v) is 9.61. The Hall–Kier alpha value is -3.02. The molecule has 3 atom stereocenters. The first-order valence-electron chi connectivity index (χ1n) is 12.9. The topological polar surface area (TPSA) is 75.4 Å². The lowest BCUT2D eigenvalue weighted by molar-refractivity contribution is -0.133. The Bertz CT molecular complexity index is 1130. The second kappa shape index (κ2) is 12.1. The minimum atomic E-state index is -0.295. The van der Waals surface area contributed by atoms with Gasteiger partial charge in [0.25, 0.3) is 0 Å². The molecular formula is C30H37N3O2. The molecule has 5 nitrogen and oxygen atoms in total. The first-order valence-corrected chi connectivity index (χ1v) is 12.9. The minimum Gasteiger partial charge on any atom is -0.341 e. The van der Waals surface area contributed by atoms with Gasteiger partial charge in [0.15, 0.2) is 5.78 Å². The van der Waals surface area contributed by atoms with Crippen LogP contribution in [0.4, 0.5) is 0 Å². The van der Waals surface area contributed by atoms with E-state index in [9.17, 15) is 9.59 Å². The summed E-state index contributed by atoms with van der Waals surface area (Å²) in [6.45, 7) is 4.04. The number of Topliss-reactive ketones (excluding diaryl/α,β-unsaturated/α-hetero) is 1. The highest BCUT2D eigenvalue weighted by atomic mass is 16.2. The molecule has 0 spiro atoms. The van der Waals surface area contributed by atoms with Gasteiger partial charge >= 0.3 is 0 Å². The molecular weight excluding hydrogens is 434 g/mol. The Morgan fingerprint density at radius 3 is 2.51 bits per heavy atom. The van der Waals surface area contributed by atoms with Crippen LogP contribution in [0.2, 0.25) is 0 Å². The van der Waals surface area contributed by atoms with Crippen LogP contribution in [-0.2, 0) is 4.79 Å². The maximum absolute atomic E-state index is 13.4. The number of rotatable bonds is 10. The standard InChI is InChI=1S/C30H37N3O2/c1-2-22(23-8-4-3-5-9-23)21-33-19-17-27(32-28(16-18-31)30(33)35)14-15-29(34)26-13-12-24-10-6-7-11-25(24)20-26/h3-13,20,22,27-28,32H,2,14-19,21,31H2,1H3/t22?,27-,28+/m1/s1. The fourth-order valence-corrected chi connectivity index (χ4v) is 5.14. The van der Waals surface area contributed by atoms with Crippen LogP contribution < -0.4 is 11.1 Å². The minimum absolute atomic E-state index is 0.113. The van der Waals surface area contributed by atoms with E-state index in [1.165, 1.54) is 5.56 Å². The maximum atomic E-state index is 13.4. The molecule has 5 heteroatoms. The first-order chi connectivity index (χ1) is 17.1. The summed E-state index contributed by atoms with van der Waals surface area (Å²) in [7, 11) is 0. The smallest absolute Gasteiger partial charge is 0.239 e. The number of carbonyl (C=O) groups excluding carboxylic acids is 2. The Balaban J connectivity index is 1.40. The van der Waals surface area contributed by atoms with Crippen molar-refractivity contribution in [1.82, 2.24) is 10.2 Å². The summed E-state index contributed by atoms with van der Waals surface area (Å²) in [6, 6.07) is 24.3. The Morgan fingerprint density at radius 1 is 1.03 bits per heavy atom. The molecule has 1 heterocycles. The van der Waals surface area contributed by atoms with Crippen LogP contribution in [0.1, 0.15) is 60.9 Å². The SMILES string of the molecule is CCC(CN1CC[C@@H](CCC(=O)c2ccc3ccccc3c2)N[C@@H](CCN)C1=O)c1ccccc1. The van der Waals surface area contributed by atoms with Gasteiger partial charge in [-0.3, -0.25) is 9.59 Å². The highest BCUT2D eigenvalue weighted by molar-refractivity contribution is 5.99. The van der Waals surface area contributed by atoms with Crippen molar-refractivity contribution in [2.24, 2.45) is 5.73 Å². The van der Waals surface area contributed by atoms with E-state index in [2.05, 4.69) is 42.6 Å². The third-order valence-corrected chi connectivity index (χ3v) is 7.25. The van der Waals surface area contributed by atoms with Crippen LogP contribution in [0.25, 0.3) is 10.8 Å². The average molecular weight is 472 g/mol. The van der Waals surface area contributed by atoms with Crippen LogP contribution in [0.5, 0.6) is 0 Å². The Morgan fingerprint density at radius 2 is 1.77 bits per heavy atom. The summed E-state index contributed by atoms with van der Waals surface area (Å²) in [4.78, 5) is 28.4. The quantitative estimate of drug-likeness (QED) is 0.412. The van der Waals surface area contributed by atoms with Crippen LogP contribution in [0.3, 0.4) is 0 Å². The van der Waals surface area contributed by atoms with Crippen molar-refractivity contribution in [2.75, 3.05) is 19.6 Å². The number of nitrogens with two attached hydrogens (primary N) is 1. The van der Waals surface area contributed by atoms with Crippen molar-refractivity contribution >= 4 is 22.5 Å². The number of nitrogens with zero attached hydrogens (tertiary/aromatic N) is 1. The van der Waals surface area contributed by atoms with E-state index in [0.717, 1.165) is 29.2 Å². The van der Waals surface area contributed by atoms with Gasteiger partial charge in [0.1, 0.15) is 0 Å². The van der Waals surface area contributed by atoms with Gasteiger partial charge in [0.05, 0.1) is 6.04 Å². The highest BCUT2D eigenvalue weighted by Gasteiger charge is 2.31. The lowest BCUT2D eigenvalue weighted by Crippen LogP contribution is -2.47. The molecule has 3 aromatic carbocycles. The molecule has 4 rings (SSSR count). The molecule has 184 valence electrons. The number of carbonyl (C=O) groups is 2. The van der Waals surface area contributed by atoms with Gasteiger partial charge in [-0.05, 0) is 54.6 Å². The molecule has 3 N–H and O–H groups in total. The summed E-state index contributed by atoms with van der Waals surface area (Å²) < 4.78 is 0. The largest absolute Gasteiger partial charge is 0.341 e. The van der Waals surface area contributed by atoms with Crippen molar-refractivity contribution in [2.45, 2.75) is 57.0 Å². The number of hydrogen-bond donors (Lipinski definition) is 2. The molecule has 1 saturated heterocycles. The lowest BCUT2D eigenvalue weighted by Gasteiger charge is -2.28. The number of amides is 1. The van der Waals surface area contributed by atoms with Gasteiger partial charge in [-0.2, -0.15) is 0 Å². The number of benzene rings is 3. The van der Waals surface area contributed by atoms with Crippen molar-refractivity contribution in [3.8, 4) is 0 Å². The van der Waals surface area contributed by atoms with Crippen molar-refractivity contribution in [3.63, 3.8) is 0 Å². The van der Waals surface area contributed by atoms with Gasteiger partial charge in [-0.1, -0.05) is 73.7 Å². The fourth-order valence-electron chi connectivity index (χ4n) is 5.14. The predicted octanol–water partition coefficient (Wildman–Crippen LogP) is 4.90.